The van der Waals surface area contributed by atoms with Crippen LogP contribution in [0.15, 0.2) is 0 Å². The van der Waals surface area contributed by atoms with Crippen LogP contribution in [-0.2, 0) is 19.1 Å². The predicted octanol–water partition coefficient (Wildman–Crippen LogP) is 2.29. The third kappa shape index (κ3) is 6.78. The van der Waals surface area contributed by atoms with Crippen LogP contribution in [0.1, 0.15) is 47.0 Å². The molecule has 0 rings (SSSR count). The molecule has 0 bridgehead atoms. The van der Waals surface area contributed by atoms with E-state index in [9.17, 15) is 14.4 Å². The molecule has 7 heteroatoms. The number of nitrogens with zero attached hydrogens (tertiary/aromatic N) is 1. The summed E-state index contributed by atoms with van der Waals surface area (Å²) in [6.45, 7) is 7.27. The topological polar surface area (TPSA) is 93.1 Å². The van der Waals surface area contributed by atoms with E-state index in [2.05, 4.69) is 0 Å². The number of amides is 1. The highest BCUT2D eigenvalue weighted by atomic mass is 16.6. The zero-order valence-electron chi connectivity index (χ0n) is 13.8. The quantitative estimate of drug-likeness (QED) is 0.491. The second-order valence-electron chi connectivity index (χ2n) is 4.99. The molecule has 0 aromatic carbocycles. The van der Waals surface area contributed by atoms with E-state index < -0.39 is 30.0 Å². The molecule has 0 aromatic rings. The minimum atomic E-state index is -1.15. The second-order valence-corrected chi connectivity index (χ2v) is 4.99. The van der Waals surface area contributed by atoms with Gasteiger partial charge in [-0.3, -0.25) is 9.69 Å². The second kappa shape index (κ2) is 10.9. The smallest absolute Gasteiger partial charge is 0.410 e. The number of carbonyl (C=O) groups is 3. The summed E-state index contributed by atoms with van der Waals surface area (Å²) in [6, 6.07) is -1.07. The van der Waals surface area contributed by atoms with Gasteiger partial charge >= 0.3 is 18.0 Å². The van der Waals surface area contributed by atoms with Crippen molar-refractivity contribution in [1.29, 1.82) is 0 Å². The lowest BCUT2D eigenvalue weighted by Gasteiger charge is -2.28. The first-order valence-electron chi connectivity index (χ1n) is 7.71. The van der Waals surface area contributed by atoms with E-state index in [0.29, 0.717) is 12.8 Å². The molecule has 0 spiro atoms. The number of hydrogen-bond acceptors (Lipinski definition) is 5. The summed E-state index contributed by atoms with van der Waals surface area (Å²) in [5, 5.41) is 9.13. The van der Waals surface area contributed by atoms with Crippen molar-refractivity contribution >= 4 is 18.0 Å². The minimum absolute atomic E-state index is 0.0340. The fourth-order valence-electron chi connectivity index (χ4n) is 1.78. The lowest BCUT2D eigenvalue weighted by atomic mass is 10.1. The molecule has 0 saturated carbocycles. The van der Waals surface area contributed by atoms with Gasteiger partial charge in [0.05, 0.1) is 19.1 Å². The molecular weight excluding hydrogens is 290 g/mol. The third-order valence-corrected chi connectivity index (χ3v) is 3.31. The van der Waals surface area contributed by atoms with Crippen LogP contribution < -0.4 is 0 Å². The maximum atomic E-state index is 12.1. The molecule has 1 unspecified atom stereocenters. The van der Waals surface area contributed by atoms with Crippen molar-refractivity contribution in [3.8, 4) is 0 Å². The molecule has 2 atom stereocenters. The van der Waals surface area contributed by atoms with E-state index in [1.165, 1.54) is 6.92 Å². The highest BCUT2D eigenvalue weighted by Crippen LogP contribution is 2.13. The summed E-state index contributed by atoms with van der Waals surface area (Å²) in [5.41, 5.74) is 0. The van der Waals surface area contributed by atoms with Crippen molar-refractivity contribution in [1.82, 2.24) is 4.90 Å². The van der Waals surface area contributed by atoms with Crippen LogP contribution in [0.4, 0.5) is 4.79 Å². The molecule has 22 heavy (non-hydrogen) atoms. The Kier molecular flexibility index (Phi) is 9.98. The summed E-state index contributed by atoms with van der Waals surface area (Å²) < 4.78 is 10.0. The molecule has 1 N–H and O–H groups in total. The predicted molar refractivity (Wildman–Crippen MR) is 80.5 cm³/mol. The van der Waals surface area contributed by atoms with Gasteiger partial charge in [0, 0.05) is 6.54 Å². The summed E-state index contributed by atoms with van der Waals surface area (Å²) in [5.74, 6) is -2.15. The van der Waals surface area contributed by atoms with Crippen LogP contribution in [0.3, 0.4) is 0 Å². The monoisotopic (exact) mass is 317 g/mol. The lowest BCUT2D eigenvalue weighted by molar-refractivity contribution is -0.150. The maximum absolute atomic E-state index is 12.1. The molecule has 0 aliphatic rings. The van der Waals surface area contributed by atoms with Gasteiger partial charge in [-0.1, -0.05) is 20.3 Å². The standard InChI is InChI=1S/C15H27NO6/c1-5-8-9-22-15(20)16(11(4)13(17)18)10-12(6-2)14(19)21-7-3/h11-12H,5-10H2,1-4H3,(H,17,18)/t11-,12?/m0/s1. The molecule has 0 aromatic heterocycles. The van der Waals surface area contributed by atoms with Gasteiger partial charge in [0.2, 0.25) is 0 Å². The number of carbonyl (C=O) groups excluding carboxylic acids is 2. The molecule has 0 fully saturated rings. The third-order valence-electron chi connectivity index (χ3n) is 3.31. The molecule has 0 heterocycles. The summed E-state index contributed by atoms with van der Waals surface area (Å²) in [6.07, 6.45) is 1.30. The molecular formula is C15H27NO6. The fraction of sp³-hybridized carbons (Fsp3) is 0.800. The Hall–Kier alpha value is -1.79. The Morgan fingerprint density at radius 2 is 1.77 bits per heavy atom. The summed E-state index contributed by atoms with van der Waals surface area (Å²) in [7, 11) is 0. The Morgan fingerprint density at radius 3 is 2.23 bits per heavy atom. The normalized spacial score (nSPS) is 13.1. The van der Waals surface area contributed by atoms with Crippen molar-refractivity contribution in [2.24, 2.45) is 5.92 Å². The average molecular weight is 317 g/mol. The van der Waals surface area contributed by atoms with E-state index in [4.69, 9.17) is 14.6 Å². The van der Waals surface area contributed by atoms with Crippen molar-refractivity contribution in [3.63, 3.8) is 0 Å². The van der Waals surface area contributed by atoms with Gasteiger partial charge in [-0.15, -0.1) is 0 Å². The fourth-order valence-corrected chi connectivity index (χ4v) is 1.78. The van der Waals surface area contributed by atoms with Crippen LogP contribution in [0.25, 0.3) is 0 Å². The minimum Gasteiger partial charge on any atom is -0.480 e. The highest BCUT2D eigenvalue weighted by molar-refractivity contribution is 5.80. The molecule has 0 saturated heterocycles. The number of rotatable bonds is 10. The number of esters is 1. The molecule has 0 aliphatic carbocycles. The van der Waals surface area contributed by atoms with Crippen LogP contribution >= 0.6 is 0 Å². The number of hydrogen-bond donors (Lipinski definition) is 1. The van der Waals surface area contributed by atoms with Crippen LogP contribution in [0.2, 0.25) is 0 Å². The van der Waals surface area contributed by atoms with Crippen molar-refractivity contribution in [3.05, 3.63) is 0 Å². The first kappa shape index (κ1) is 20.2. The zero-order chi connectivity index (χ0) is 17.1. The Bertz CT molecular complexity index is 371. The van der Waals surface area contributed by atoms with E-state index in [1.54, 1.807) is 13.8 Å². The van der Waals surface area contributed by atoms with Gasteiger partial charge in [-0.2, -0.15) is 0 Å². The number of carboxylic acid groups (broad SMARTS) is 1. The summed E-state index contributed by atoms with van der Waals surface area (Å²) >= 11 is 0. The van der Waals surface area contributed by atoms with E-state index >= 15 is 0 Å². The van der Waals surface area contributed by atoms with E-state index in [1.807, 2.05) is 6.92 Å². The van der Waals surface area contributed by atoms with Crippen molar-refractivity contribution in [2.45, 2.75) is 53.0 Å². The maximum Gasteiger partial charge on any atom is 0.410 e. The van der Waals surface area contributed by atoms with E-state index in [-0.39, 0.29) is 19.8 Å². The first-order valence-corrected chi connectivity index (χ1v) is 7.71. The summed E-state index contributed by atoms with van der Waals surface area (Å²) in [4.78, 5) is 36.2. The number of unbranched alkanes of at least 4 members (excludes halogenated alkanes) is 1. The van der Waals surface area contributed by atoms with Crippen molar-refractivity contribution < 1.29 is 29.0 Å². The Labute approximate surface area is 131 Å². The Balaban J connectivity index is 4.94. The van der Waals surface area contributed by atoms with Gasteiger partial charge in [0.1, 0.15) is 6.04 Å². The number of aliphatic carboxylic acids is 1. The highest BCUT2D eigenvalue weighted by Gasteiger charge is 2.31. The molecule has 0 radical (unpaired) electrons. The van der Waals surface area contributed by atoms with Crippen LogP contribution in [-0.4, -0.2) is 53.8 Å². The first-order chi connectivity index (χ1) is 10.4. The molecule has 1 amide bonds. The van der Waals surface area contributed by atoms with Gasteiger partial charge < -0.3 is 14.6 Å². The number of ether oxygens (including phenoxy) is 2. The number of carboxylic acids is 1. The van der Waals surface area contributed by atoms with Gasteiger partial charge in [-0.25, -0.2) is 9.59 Å². The van der Waals surface area contributed by atoms with E-state index in [0.717, 1.165) is 11.3 Å². The van der Waals surface area contributed by atoms with Gasteiger partial charge in [0.15, 0.2) is 0 Å². The zero-order valence-corrected chi connectivity index (χ0v) is 13.8. The molecule has 128 valence electrons. The van der Waals surface area contributed by atoms with Crippen LogP contribution in [0, 0.1) is 5.92 Å². The van der Waals surface area contributed by atoms with Gasteiger partial charge in [-0.05, 0) is 26.7 Å². The molecule has 0 aliphatic heterocycles. The van der Waals surface area contributed by atoms with Crippen LogP contribution in [0.5, 0.6) is 0 Å². The van der Waals surface area contributed by atoms with Crippen molar-refractivity contribution in [2.75, 3.05) is 19.8 Å². The average Bonchev–Trinajstić information content (AvgIpc) is 2.47. The largest absolute Gasteiger partial charge is 0.480 e. The van der Waals surface area contributed by atoms with Gasteiger partial charge in [0.25, 0.3) is 0 Å². The SMILES string of the molecule is CCCCOC(=O)N(CC(CC)C(=O)OCC)[C@@H](C)C(=O)O. The lowest BCUT2D eigenvalue weighted by Crippen LogP contribution is -2.47. The molecule has 7 nitrogen and oxygen atoms in total. The Morgan fingerprint density at radius 1 is 1.14 bits per heavy atom.